The maximum absolute atomic E-state index is 13.6. The van der Waals surface area contributed by atoms with Crippen LogP contribution in [-0.4, -0.2) is 8.41 Å². The van der Waals surface area contributed by atoms with Gasteiger partial charge in [0.05, 0.1) is 0 Å². The van der Waals surface area contributed by atoms with Crippen LogP contribution in [0.25, 0.3) is 0 Å². The summed E-state index contributed by atoms with van der Waals surface area (Å²) in [6, 6.07) is 7.98. The molecule has 0 aliphatic heterocycles. The number of aryl methyl sites for hydroxylation is 1. The van der Waals surface area contributed by atoms with Gasteiger partial charge in [0.2, 0.25) is 0 Å². The number of hydrogen-bond donors (Lipinski definition) is 0. The molecular weight excluding hydrogens is 179 g/mol. The first kappa shape index (κ1) is 10.4. The molecule has 0 N–H and O–H groups in total. The molecule has 0 aliphatic carbocycles. The van der Waals surface area contributed by atoms with E-state index in [9.17, 15) is 4.11 Å². The molecule has 1 aromatic carbocycles. The summed E-state index contributed by atoms with van der Waals surface area (Å²) in [5.74, 6) is 0. The fourth-order valence-corrected chi connectivity index (χ4v) is 2.32. The lowest BCUT2D eigenvalue weighted by Crippen LogP contribution is -2.36. The van der Waals surface area contributed by atoms with Crippen LogP contribution >= 0.6 is 0 Å². The molecule has 72 valence electrons. The van der Waals surface area contributed by atoms with Crippen molar-refractivity contribution < 1.29 is 4.11 Å². The van der Waals surface area contributed by atoms with Gasteiger partial charge in [-0.05, 0) is 30.3 Å². The van der Waals surface area contributed by atoms with Crippen LogP contribution in [0, 0.1) is 0 Å². The van der Waals surface area contributed by atoms with E-state index in [1.807, 2.05) is 24.3 Å². The van der Waals surface area contributed by atoms with Crippen LogP contribution in [-0.2, 0) is 6.42 Å². The largest absolute Gasteiger partial charge is 0.308 e. The Labute approximate surface area is 81.0 Å². The topological polar surface area (TPSA) is 0 Å². The molecule has 0 saturated heterocycles. The molecule has 1 aromatic rings. The van der Waals surface area contributed by atoms with E-state index >= 15 is 0 Å². The lowest BCUT2D eigenvalue weighted by atomic mass is 10.1. The van der Waals surface area contributed by atoms with Gasteiger partial charge >= 0.3 is 0 Å². The lowest BCUT2D eigenvalue weighted by Gasteiger charge is -2.11. The second-order valence-corrected chi connectivity index (χ2v) is 7.44. The third-order valence-corrected chi connectivity index (χ3v) is 3.89. The van der Waals surface area contributed by atoms with Gasteiger partial charge < -0.3 is 4.11 Å². The van der Waals surface area contributed by atoms with Crippen LogP contribution in [0.2, 0.25) is 13.1 Å². The molecule has 1 rings (SSSR count). The normalized spacial score (nSPS) is 11.7. The monoisotopic (exact) mass is 196 g/mol. The second-order valence-electron chi connectivity index (χ2n) is 3.92. The maximum Gasteiger partial charge on any atom is 0.271 e. The van der Waals surface area contributed by atoms with Crippen molar-refractivity contribution in [1.29, 1.82) is 0 Å². The highest BCUT2D eigenvalue weighted by Gasteiger charge is 2.22. The van der Waals surface area contributed by atoms with Crippen molar-refractivity contribution in [3.05, 3.63) is 29.8 Å². The fourth-order valence-electron chi connectivity index (χ4n) is 1.36. The maximum atomic E-state index is 13.6. The average molecular weight is 196 g/mol. The van der Waals surface area contributed by atoms with Crippen molar-refractivity contribution in [3.8, 4) is 0 Å². The Kier molecular flexibility index (Phi) is 3.26. The summed E-state index contributed by atoms with van der Waals surface area (Å²) >= 11 is 0. The van der Waals surface area contributed by atoms with Gasteiger partial charge in [-0.2, -0.15) is 0 Å². The average Bonchev–Trinajstić information content (AvgIpc) is 2.04. The number of hydrogen-bond acceptors (Lipinski definition) is 0. The van der Waals surface area contributed by atoms with Crippen LogP contribution < -0.4 is 5.19 Å². The Morgan fingerprint density at radius 3 is 2.08 bits per heavy atom. The zero-order chi connectivity index (χ0) is 9.90. The molecule has 0 heterocycles. The Morgan fingerprint density at radius 2 is 1.69 bits per heavy atom. The minimum absolute atomic E-state index is 0.896. The minimum Gasteiger partial charge on any atom is -0.308 e. The molecule has 0 saturated carbocycles. The van der Waals surface area contributed by atoms with Crippen LogP contribution in [0.1, 0.15) is 18.9 Å². The number of rotatable bonds is 3. The fraction of sp³-hybridized carbons (Fsp3) is 0.455. The molecule has 13 heavy (non-hydrogen) atoms. The molecule has 0 atom stereocenters. The van der Waals surface area contributed by atoms with Crippen molar-refractivity contribution in [3.63, 3.8) is 0 Å². The molecule has 0 radical (unpaired) electrons. The Bertz CT molecular complexity index is 258. The molecule has 0 amide bonds. The Morgan fingerprint density at radius 1 is 1.15 bits per heavy atom. The number of benzene rings is 1. The number of halogens is 1. The first-order valence-corrected chi connectivity index (χ1v) is 7.70. The zero-order valence-electron chi connectivity index (χ0n) is 8.60. The molecule has 0 unspecified atom stereocenters. The second kappa shape index (κ2) is 4.05. The summed E-state index contributed by atoms with van der Waals surface area (Å²) < 4.78 is 13.6. The quantitative estimate of drug-likeness (QED) is 0.515. The highest BCUT2D eigenvalue weighted by molar-refractivity contribution is 6.83. The first-order valence-electron chi connectivity index (χ1n) is 4.82. The summed E-state index contributed by atoms with van der Waals surface area (Å²) in [4.78, 5) is 0. The Balaban J connectivity index is 2.81. The van der Waals surface area contributed by atoms with E-state index in [4.69, 9.17) is 0 Å². The van der Waals surface area contributed by atoms with Gasteiger partial charge in [-0.25, -0.2) is 0 Å². The molecule has 2 heteroatoms. The smallest absolute Gasteiger partial charge is 0.271 e. The van der Waals surface area contributed by atoms with Crippen molar-refractivity contribution in [2.24, 2.45) is 0 Å². The van der Waals surface area contributed by atoms with Crippen LogP contribution in [0.3, 0.4) is 0 Å². The molecule has 0 fully saturated rings. The van der Waals surface area contributed by atoms with Gasteiger partial charge in [-0.1, -0.05) is 37.6 Å². The van der Waals surface area contributed by atoms with Crippen molar-refractivity contribution in [1.82, 2.24) is 0 Å². The SMILES string of the molecule is CCCc1ccc([Si](C)(C)F)cc1. The van der Waals surface area contributed by atoms with Crippen molar-refractivity contribution in [2.75, 3.05) is 0 Å². The van der Waals surface area contributed by atoms with Crippen LogP contribution in [0.15, 0.2) is 24.3 Å². The predicted octanol–water partition coefficient (Wildman–Crippen LogP) is 3.02. The summed E-state index contributed by atoms with van der Waals surface area (Å²) in [6.45, 7) is 5.60. The minimum atomic E-state index is -2.58. The van der Waals surface area contributed by atoms with E-state index in [0.29, 0.717) is 0 Å². The zero-order valence-corrected chi connectivity index (χ0v) is 9.60. The first-order chi connectivity index (χ1) is 6.04. The highest BCUT2D eigenvalue weighted by Crippen LogP contribution is 2.07. The summed E-state index contributed by atoms with van der Waals surface area (Å²) in [7, 11) is -2.58. The van der Waals surface area contributed by atoms with Gasteiger partial charge in [0.25, 0.3) is 8.41 Å². The van der Waals surface area contributed by atoms with Gasteiger partial charge in [0, 0.05) is 0 Å². The summed E-state index contributed by atoms with van der Waals surface area (Å²) in [5.41, 5.74) is 1.31. The molecule has 0 aromatic heterocycles. The van der Waals surface area contributed by atoms with Gasteiger partial charge in [-0.3, -0.25) is 0 Å². The molecule has 0 nitrogen and oxygen atoms in total. The molecule has 0 bridgehead atoms. The Hall–Kier alpha value is -0.633. The summed E-state index contributed by atoms with van der Waals surface area (Å²) in [5, 5.41) is 0.896. The van der Waals surface area contributed by atoms with Crippen molar-refractivity contribution in [2.45, 2.75) is 32.9 Å². The van der Waals surface area contributed by atoms with Gasteiger partial charge in [-0.15, -0.1) is 0 Å². The van der Waals surface area contributed by atoms with E-state index in [1.54, 1.807) is 13.1 Å². The third kappa shape index (κ3) is 2.96. The van der Waals surface area contributed by atoms with Gasteiger partial charge in [0.15, 0.2) is 0 Å². The van der Waals surface area contributed by atoms with E-state index in [-0.39, 0.29) is 0 Å². The van der Waals surface area contributed by atoms with E-state index < -0.39 is 8.41 Å². The molecule has 0 aliphatic rings. The highest BCUT2D eigenvalue weighted by atomic mass is 28.4. The van der Waals surface area contributed by atoms with E-state index in [2.05, 4.69) is 6.92 Å². The van der Waals surface area contributed by atoms with E-state index in [0.717, 1.165) is 18.0 Å². The van der Waals surface area contributed by atoms with E-state index in [1.165, 1.54) is 5.56 Å². The predicted molar refractivity (Wildman–Crippen MR) is 58.7 cm³/mol. The summed E-state index contributed by atoms with van der Waals surface area (Å²) in [6.07, 6.45) is 2.24. The van der Waals surface area contributed by atoms with Crippen molar-refractivity contribution >= 4 is 13.6 Å². The molecular formula is C11H17FSi. The molecule has 0 spiro atoms. The van der Waals surface area contributed by atoms with Crippen LogP contribution in [0.5, 0.6) is 0 Å². The third-order valence-electron chi connectivity index (χ3n) is 2.18. The van der Waals surface area contributed by atoms with Gasteiger partial charge in [0.1, 0.15) is 0 Å². The lowest BCUT2D eigenvalue weighted by molar-refractivity contribution is 0.821. The standard InChI is InChI=1S/C11H17FSi/c1-4-5-10-6-8-11(9-7-10)13(2,3)12/h6-9H,4-5H2,1-3H3. The van der Waals surface area contributed by atoms with Crippen LogP contribution in [0.4, 0.5) is 4.11 Å².